The van der Waals surface area contributed by atoms with Crippen molar-refractivity contribution in [3.8, 4) is 17.2 Å². The van der Waals surface area contributed by atoms with Crippen LogP contribution in [0, 0.1) is 23.0 Å². The largest absolute Gasteiger partial charge is 0.389 e. The van der Waals surface area contributed by atoms with Gasteiger partial charge in [-0.2, -0.15) is 5.26 Å². The van der Waals surface area contributed by atoms with Crippen LogP contribution in [0.1, 0.15) is 48.3 Å². The fourth-order valence-corrected chi connectivity index (χ4v) is 8.45. The average molecular weight is 637 g/mol. The van der Waals surface area contributed by atoms with E-state index in [2.05, 4.69) is 25.4 Å². The Morgan fingerprint density at radius 1 is 1.20 bits per heavy atom. The Morgan fingerprint density at radius 2 is 1.95 bits per heavy atom. The Labute approximate surface area is 262 Å². The number of piperazine rings is 1. The Hall–Kier alpha value is -3.63. The zero-order valence-electron chi connectivity index (χ0n) is 24.3. The number of likely N-dealkylation sites (N-methyl/N-ethyl adjacent to an activating group) is 1. The first-order valence-electron chi connectivity index (χ1n) is 14.7. The van der Waals surface area contributed by atoms with Crippen LogP contribution in [0.3, 0.4) is 0 Å². The highest BCUT2D eigenvalue weighted by Crippen LogP contribution is 2.45. The van der Waals surface area contributed by atoms with Crippen LogP contribution in [-0.4, -0.2) is 72.1 Å². The maximum absolute atomic E-state index is 16.9. The minimum atomic E-state index is -0.781. The first-order valence-corrected chi connectivity index (χ1v) is 15.9. The van der Waals surface area contributed by atoms with Crippen LogP contribution in [0.2, 0.25) is 5.02 Å². The average Bonchev–Trinajstić information content (AvgIpc) is 3.70. The van der Waals surface area contributed by atoms with Crippen molar-refractivity contribution >= 4 is 60.7 Å². The number of thiophene rings is 1. The molecule has 4 atom stereocenters. The van der Waals surface area contributed by atoms with Crippen molar-refractivity contribution in [2.45, 2.75) is 56.3 Å². The van der Waals surface area contributed by atoms with Gasteiger partial charge in [0.05, 0.1) is 15.3 Å². The molecule has 3 fully saturated rings. The molecule has 2 saturated heterocycles. The number of hydrogen-bond acceptors (Lipinski definition) is 9. The molecule has 1 aliphatic carbocycles. The van der Waals surface area contributed by atoms with Gasteiger partial charge in [0.1, 0.15) is 28.2 Å². The fourth-order valence-electron chi connectivity index (χ4n) is 7.21. The number of anilines is 2. The molecule has 4 heterocycles. The molecule has 1 saturated carbocycles. The number of aromatic nitrogens is 2. The van der Waals surface area contributed by atoms with Gasteiger partial charge in [-0.05, 0) is 63.9 Å². The molecule has 2 aromatic heterocycles. The molecule has 4 aromatic rings. The van der Waals surface area contributed by atoms with Crippen LogP contribution < -0.4 is 21.3 Å². The molecule has 9 nitrogen and oxygen atoms in total. The molecule has 4 N–H and O–H groups in total. The number of nitrogens with zero attached hydrogens (tertiary/aromatic N) is 5. The van der Waals surface area contributed by atoms with Crippen molar-refractivity contribution in [3.63, 3.8) is 0 Å². The smallest absolute Gasteiger partial charge is 0.289 e. The Morgan fingerprint density at radius 3 is 2.66 bits per heavy atom. The second-order valence-electron chi connectivity index (χ2n) is 12.2. The number of carbonyl (C=O) groups is 1. The van der Waals surface area contributed by atoms with E-state index in [4.69, 9.17) is 22.3 Å². The summed E-state index contributed by atoms with van der Waals surface area (Å²) in [6.07, 6.45) is 4.83. The number of carbonyl (C=O) groups excluding carboxylic acids is 1. The summed E-state index contributed by atoms with van der Waals surface area (Å²) in [4.78, 5) is 27.1. The molecular weight excluding hydrogens is 606 g/mol. The van der Waals surface area contributed by atoms with Crippen molar-refractivity contribution < 1.29 is 13.6 Å². The zero-order valence-corrected chi connectivity index (χ0v) is 25.8. The van der Waals surface area contributed by atoms with Gasteiger partial charge in [-0.25, -0.2) is 18.7 Å². The summed E-state index contributed by atoms with van der Waals surface area (Å²) in [5.74, 6) is -1.50. The summed E-state index contributed by atoms with van der Waals surface area (Å²) in [6, 6.07) is 6.85. The molecule has 3 aliphatic rings. The molecule has 44 heavy (non-hydrogen) atoms. The first kappa shape index (κ1) is 29.1. The monoisotopic (exact) mass is 636 g/mol. The Kier molecular flexibility index (Phi) is 7.32. The van der Waals surface area contributed by atoms with Gasteiger partial charge in [-0.3, -0.25) is 4.79 Å². The summed E-state index contributed by atoms with van der Waals surface area (Å²) in [5, 5.41) is 17.3. The lowest BCUT2D eigenvalue weighted by atomic mass is 9.97. The lowest BCUT2D eigenvalue weighted by Gasteiger charge is -2.34. The van der Waals surface area contributed by atoms with E-state index < -0.39 is 17.5 Å². The summed E-state index contributed by atoms with van der Waals surface area (Å²) in [7, 11) is 3.98. The van der Waals surface area contributed by atoms with Gasteiger partial charge in [0.25, 0.3) is 5.91 Å². The molecule has 2 unspecified atom stereocenters. The van der Waals surface area contributed by atoms with E-state index in [9.17, 15) is 14.4 Å². The van der Waals surface area contributed by atoms with Crippen molar-refractivity contribution in [2.24, 2.45) is 0 Å². The van der Waals surface area contributed by atoms with Gasteiger partial charge in [0, 0.05) is 53.6 Å². The number of nitrogens with two attached hydrogens (primary N) is 1. The molecule has 2 aromatic carbocycles. The maximum Gasteiger partial charge on any atom is 0.289 e. The van der Waals surface area contributed by atoms with E-state index in [1.54, 1.807) is 6.07 Å². The minimum Gasteiger partial charge on any atom is -0.389 e. The lowest BCUT2D eigenvalue weighted by Crippen LogP contribution is -2.51. The van der Waals surface area contributed by atoms with Crippen LogP contribution in [0.25, 0.3) is 32.1 Å². The summed E-state index contributed by atoms with van der Waals surface area (Å²) < 4.78 is 31.8. The summed E-state index contributed by atoms with van der Waals surface area (Å²) in [5.41, 5.74) is 6.22. The van der Waals surface area contributed by atoms with Gasteiger partial charge in [0.15, 0.2) is 5.82 Å². The molecule has 228 valence electrons. The SMILES string of the molecule is CN(C)[C@@H]1CCC[C@H]1NC(=O)c1nc(N2CC3CCC(C2)N3)c2cc(Cl)c(-c3ccc(F)c4sc(N)c(C#N)c34)c(F)c2n1. The number of halogens is 3. The van der Waals surface area contributed by atoms with Crippen LogP contribution in [0.5, 0.6) is 0 Å². The predicted octanol–water partition coefficient (Wildman–Crippen LogP) is 5.05. The Balaban J connectivity index is 1.41. The number of nitrogen functional groups attached to an aromatic ring is 1. The third-order valence-corrected chi connectivity index (χ3v) is 10.6. The van der Waals surface area contributed by atoms with Gasteiger partial charge in [-0.15, -0.1) is 11.3 Å². The zero-order chi connectivity index (χ0) is 30.9. The number of hydrogen-bond donors (Lipinski definition) is 3. The highest BCUT2D eigenvalue weighted by molar-refractivity contribution is 7.23. The standard InChI is InChI=1S/C31H31ClF2N8OS/c1-41(2)22-5-3-4-21(22)38-31(43)29-39-26-17(30(40-29)42-12-14-6-7-15(13-42)37-14)10-19(32)24(25(26)34)16-8-9-20(33)27-23(16)18(11-35)28(36)44-27/h8-10,14-15,21-22,37H,3-7,12-13,36H2,1-2H3,(H,38,43)/t14?,15?,21-,22-/m1/s1. The highest BCUT2D eigenvalue weighted by Gasteiger charge is 2.36. The number of amides is 1. The molecule has 13 heteroatoms. The molecule has 0 spiro atoms. The summed E-state index contributed by atoms with van der Waals surface area (Å²) >= 11 is 7.74. The van der Waals surface area contributed by atoms with Crippen LogP contribution in [0.15, 0.2) is 18.2 Å². The molecule has 2 bridgehead atoms. The van der Waals surface area contributed by atoms with Crippen molar-refractivity contribution in [3.05, 3.63) is 46.2 Å². The highest BCUT2D eigenvalue weighted by atomic mass is 35.5. The van der Waals surface area contributed by atoms with E-state index in [0.29, 0.717) is 24.3 Å². The molecule has 7 rings (SSSR count). The van der Waals surface area contributed by atoms with Crippen molar-refractivity contribution in [1.29, 1.82) is 5.26 Å². The molecule has 1 amide bonds. The molecule has 0 radical (unpaired) electrons. The number of rotatable bonds is 5. The van der Waals surface area contributed by atoms with E-state index in [0.717, 1.165) is 43.4 Å². The van der Waals surface area contributed by atoms with Crippen molar-refractivity contribution in [2.75, 3.05) is 37.8 Å². The number of fused-ring (bicyclic) bond motifs is 4. The number of nitriles is 1. The third-order valence-electron chi connectivity index (χ3n) is 9.24. The topological polar surface area (TPSA) is 123 Å². The molecule has 2 aliphatic heterocycles. The van der Waals surface area contributed by atoms with Gasteiger partial charge in [0.2, 0.25) is 5.82 Å². The van der Waals surface area contributed by atoms with Crippen LogP contribution >= 0.6 is 22.9 Å². The van der Waals surface area contributed by atoms with Gasteiger partial charge < -0.3 is 26.2 Å². The van der Waals surface area contributed by atoms with E-state index in [1.807, 2.05) is 20.2 Å². The van der Waals surface area contributed by atoms with Crippen molar-refractivity contribution in [1.82, 2.24) is 25.5 Å². The maximum atomic E-state index is 16.9. The minimum absolute atomic E-state index is 0.0432. The lowest BCUT2D eigenvalue weighted by molar-refractivity contribution is 0.0909. The number of nitrogens with one attached hydrogen (secondary N) is 2. The predicted molar refractivity (Wildman–Crippen MR) is 169 cm³/mol. The molecular formula is C31H31ClF2N8OS. The fraction of sp³-hybridized carbons (Fsp3) is 0.419. The summed E-state index contributed by atoms with van der Waals surface area (Å²) in [6.45, 7) is 1.29. The second-order valence-corrected chi connectivity index (χ2v) is 13.6. The normalized spacial score (nSPS) is 23.2. The van der Waals surface area contributed by atoms with Gasteiger partial charge in [-0.1, -0.05) is 17.7 Å². The van der Waals surface area contributed by atoms with Crippen LogP contribution in [-0.2, 0) is 0 Å². The third kappa shape index (κ3) is 4.74. The van der Waals surface area contributed by atoms with E-state index in [1.165, 1.54) is 12.1 Å². The second kappa shape index (κ2) is 11.1. The van der Waals surface area contributed by atoms with Gasteiger partial charge >= 0.3 is 0 Å². The quantitative estimate of drug-likeness (QED) is 0.278. The number of benzene rings is 2. The van der Waals surface area contributed by atoms with Crippen LogP contribution in [0.4, 0.5) is 19.6 Å². The van der Waals surface area contributed by atoms with E-state index in [-0.39, 0.29) is 72.3 Å². The van der Waals surface area contributed by atoms with E-state index >= 15 is 4.39 Å². The Bertz CT molecular complexity index is 1860. The first-order chi connectivity index (χ1) is 21.1.